The molecule has 0 saturated heterocycles. The van der Waals surface area contributed by atoms with Gasteiger partial charge in [0.15, 0.2) is 0 Å². The molecule has 0 aromatic carbocycles. The predicted molar refractivity (Wildman–Crippen MR) is 58.4 cm³/mol. The SMILES string of the molecule is CC(C)N(C(C)C)C(C)(C)CC(=O)O. The van der Waals surface area contributed by atoms with Crippen molar-refractivity contribution in [1.29, 1.82) is 0 Å². The lowest BCUT2D eigenvalue weighted by molar-refractivity contribution is -0.140. The monoisotopic (exact) mass is 201 g/mol. The minimum absolute atomic E-state index is 0.184. The largest absolute Gasteiger partial charge is 0.481 e. The smallest absolute Gasteiger partial charge is 0.305 e. The summed E-state index contributed by atoms with van der Waals surface area (Å²) in [5, 5.41) is 8.83. The summed E-state index contributed by atoms with van der Waals surface area (Å²) >= 11 is 0. The maximum absolute atomic E-state index is 10.7. The van der Waals surface area contributed by atoms with Crippen LogP contribution in [0.2, 0.25) is 0 Å². The Bertz CT molecular complexity index is 189. The van der Waals surface area contributed by atoms with Gasteiger partial charge in [0.2, 0.25) is 0 Å². The summed E-state index contributed by atoms with van der Waals surface area (Å²) < 4.78 is 0. The average molecular weight is 201 g/mol. The fraction of sp³-hybridized carbons (Fsp3) is 0.909. The number of carbonyl (C=O) groups is 1. The van der Waals surface area contributed by atoms with Crippen LogP contribution in [-0.4, -0.2) is 33.6 Å². The van der Waals surface area contributed by atoms with Crippen LogP contribution in [0.1, 0.15) is 48.0 Å². The maximum Gasteiger partial charge on any atom is 0.305 e. The van der Waals surface area contributed by atoms with E-state index in [0.29, 0.717) is 12.1 Å². The normalized spacial score (nSPS) is 12.9. The third-order valence-corrected chi connectivity index (χ3v) is 2.40. The fourth-order valence-electron chi connectivity index (χ4n) is 2.46. The first kappa shape index (κ1) is 13.4. The quantitative estimate of drug-likeness (QED) is 0.742. The third-order valence-electron chi connectivity index (χ3n) is 2.40. The van der Waals surface area contributed by atoms with E-state index < -0.39 is 5.97 Å². The fourth-order valence-corrected chi connectivity index (χ4v) is 2.46. The number of carboxylic acids is 1. The highest BCUT2D eigenvalue weighted by Crippen LogP contribution is 2.24. The summed E-state index contributed by atoms with van der Waals surface area (Å²) in [6, 6.07) is 0.730. The molecule has 0 aliphatic rings. The molecule has 0 atom stereocenters. The van der Waals surface area contributed by atoms with E-state index in [0.717, 1.165) is 0 Å². The second-order valence-electron chi connectivity index (χ2n) is 4.98. The minimum atomic E-state index is -0.735. The average Bonchev–Trinajstić information content (AvgIpc) is 1.77. The molecule has 3 heteroatoms. The van der Waals surface area contributed by atoms with Crippen LogP contribution >= 0.6 is 0 Å². The molecule has 0 bridgehead atoms. The summed E-state index contributed by atoms with van der Waals surface area (Å²) in [7, 11) is 0. The molecule has 3 nitrogen and oxygen atoms in total. The lowest BCUT2D eigenvalue weighted by Crippen LogP contribution is -2.52. The standard InChI is InChI=1S/C11H23NO2/c1-8(2)12(9(3)4)11(5,6)7-10(13)14/h8-9H,7H2,1-6H3,(H,13,14). The Morgan fingerprint density at radius 1 is 1.21 bits per heavy atom. The molecule has 0 aromatic rings. The number of nitrogens with zero attached hydrogens (tertiary/aromatic N) is 1. The van der Waals surface area contributed by atoms with Gasteiger partial charge in [0.05, 0.1) is 6.42 Å². The first-order valence-corrected chi connectivity index (χ1v) is 5.18. The lowest BCUT2D eigenvalue weighted by atomic mass is 9.94. The van der Waals surface area contributed by atoms with E-state index in [-0.39, 0.29) is 12.0 Å². The van der Waals surface area contributed by atoms with Crippen LogP contribution in [-0.2, 0) is 4.79 Å². The molecule has 1 N–H and O–H groups in total. The summed E-state index contributed by atoms with van der Waals surface area (Å²) in [6.45, 7) is 12.4. The Morgan fingerprint density at radius 2 is 1.57 bits per heavy atom. The molecule has 0 radical (unpaired) electrons. The first-order chi connectivity index (χ1) is 6.18. The van der Waals surface area contributed by atoms with E-state index in [9.17, 15) is 4.79 Å². The summed E-state index contributed by atoms with van der Waals surface area (Å²) in [5.41, 5.74) is -0.284. The predicted octanol–water partition coefficient (Wildman–Crippen LogP) is 2.36. The highest BCUT2D eigenvalue weighted by Gasteiger charge is 2.32. The van der Waals surface area contributed by atoms with Crippen molar-refractivity contribution >= 4 is 5.97 Å². The van der Waals surface area contributed by atoms with Gasteiger partial charge < -0.3 is 5.11 Å². The lowest BCUT2D eigenvalue weighted by Gasteiger charge is -2.43. The molecule has 0 amide bonds. The van der Waals surface area contributed by atoms with Gasteiger partial charge in [0.1, 0.15) is 0 Å². The zero-order valence-electron chi connectivity index (χ0n) is 10.2. The van der Waals surface area contributed by atoms with E-state index in [2.05, 4.69) is 32.6 Å². The van der Waals surface area contributed by atoms with E-state index in [4.69, 9.17) is 5.11 Å². The zero-order chi connectivity index (χ0) is 11.5. The summed E-state index contributed by atoms with van der Waals surface area (Å²) in [5.74, 6) is -0.735. The van der Waals surface area contributed by atoms with Gasteiger partial charge in [0.25, 0.3) is 0 Å². The van der Waals surface area contributed by atoms with Gasteiger partial charge in [0, 0.05) is 17.6 Å². The Labute approximate surface area is 87.1 Å². The van der Waals surface area contributed by atoms with Crippen molar-refractivity contribution in [2.24, 2.45) is 0 Å². The van der Waals surface area contributed by atoms with Crippen molar-refractivity contribution < 1.29 is 9.90 Å². The van der Waals surface area contributed by atoms with Crippen molar-refractivity contribution in [2.75, 3.05) is 0 Å². The van der Waals surface area contributed by atoms with Crippen LogP contribution < -0.4 is 0 Å². The van der Waals surface area contributed by atoms with Gasteiger partial charge >= 0.3 is 5.97 Å². The van der Waals surface area contributed by atoms with Crippen molar-refractivity contribution in [3.05, 3.63) is 0 Å². The van der Waals surface area contributed by atoms with Crippen LogP contribution in [0, 0.1) is 0 Å². The Kier molecular flexibility index (Phi) is 4.59. The Morgan fingerprint density at radius 3 is 1.79 bits per heavy atom. The molecule has 0 spiro atoms. The second kappa shape index (κ2) is 4.78. The van der Waals surface area contributed by atoms with Gasteiger partial charge in [-0.25, -0.2) is 0 Å². The van der Waals surface area contributed by atoms with Crippen LogP contribution in [0.3, 0.4) is 0 Å². The van der Waals surface area contributed by atoms with Gasteiger partial charge in [-0.15, -0.1) is 0 Å². The van der Waals surface area contributed by atoms with Crippen molar-refractivity contribution in [3.8, 4) is 0 Å². The molecule has 0 fully saturated rings. The van der Waals surface area contributed by atoms with Gasteiger partial charge in [-0.1, -0.05) is 0 Å². The van der Waals surface area contributed by atoms with Gasteiger partial charge in [-0.3, -0.25) is 9.69 Å². The third kappa shape index (κ3) is 3.66. The second-order valence-corrected chi connectivity index (χ2v) is 4.98. The molecule has 0 heterocycles. The molecule has 0 unspecified atom stereocenters. The maximum atomic E-state index is 10.7. The van der Waals surface area contributed by atoms with Crippen molar-refractivity contribution in [1.82, 2.24) is 4.90 Å². The summed E-state index contributed by atoms with van der Waals surface area (Å²) in [6.07, 6.45) is 0.184. The number of hydrogen-bond acceptors (Lipinski definition) is 2. The van der Waals surface area contributed by atoms with E-state index in [1.54, 1.807) is 0 Å². The summed E-state index contributed by atoms with van der Waals surface area (Å²) in [4.78, 5) is 13.0. The van der Waals surface area contributed by atoms with Crippen molar-refractivity contribution in [2.45, 2.75) is 65.6 Å². The van der Waals surface area contributed by atoms with Crippen LogP contribution in [0.25, 0.3) is 0 Å². The molecule has 0 aromatic heterocycles. The highest BCUT2D eigenvalue weighted by atomic mass is 16.4. The molecular weight excluding hydrogens is 178 g/mol. The molecule has 0 saturated carbocycles. The van der Waals surface area contributed by atoms with E-state index in [1.807, 2.05) is 13.8 Å². The molecule has 0 aliphatic heterocycles. The zero-order valence-corrected chi connectivity index (χ0v) is 10.2. The molecule has 0 aliphatic carbocycles. The minimum Gasteiger partial charge on any atom is -0.481 e. The van der Waals surface area contributed by atoms with Crippen LogP contribution in [0.15, 0.2) is 0 Å². The Balaban J connectivity index is 4.71. The van der Waals surface area contributed by atoms with Crippen molar-refractivity contribution in [3.63, 3.8) is 0 Å². The molecule has 14 heavy (non-hydrogen) atoms. The number of rotatable bonds is 5. The van der Waals surface area contributed by atoms with E-state index in [1.165, 1.54) is 0 Å². The number of aliphatic carboxylic acids is 1. The topological polar surface area (TPSA) is 40.5 Å². The molecular formula is C11H23NO2. The van der Waals surface area contributed by atoms with Crippen LogP contribution in [0.5, 0.6) is 0 Å². The molecule has 84 valence electrons. The number of hydrogen-bond donors (Lipinski definition) is 1. The Hall–Kier alpha value is -0.570. The van der Waals surface area contributed by atoms with Gasteiger partial charge in [-0.2, -0.15) is 0 Å². The van der Waals surface area contributed by atoms with Crippen LogP contribution in [0.4, 0.5) is 0 Å². The van der Waals surface area contributed by atoms with E-state index >= 15 is 0 Å². The molecule has 0 rings (SSSR count). The first-order valence-electron chi connectivity index (χ1n) is 5.18. The number of carboxylic acid groups (broad SMARTS) is 1. The van der Waals surface area contributed by atoms with Gasteiger partial charge in [-0.05, 0) is 41.5 Å². The highest BCUT2D eigenvalue weighted by molar-refractivity contribution is 5.68.